The van der Waals surface area contributed by atoms with Crippen molar-refractivity contribution in [1.29, 1.82) is 0 Å². The lowest BCUT2D eigenvalue weighted by Gasteiger charge is -2.43. The standard InChI is InChI=1S/C20H23Cl2N7O/c21-14-2-1-3-16(19(14)22)29-20-15(10-25-29)26-18(11-24-20)27-6-4-13(5-7-27)28-8-9-30-12-17(28)23/h1-3,10-11,13,17H,4-9,12,23H2/t17-/m0/s1. The van der Waals surface area contributed by atoms with Crippen LogP contribution in [-0.4, -0.2) is 69.7 Å². The van der Waals surface area contributed by atoms with E-state index >= 15 is 0 Å². The van der Waals surface area contributed by atoms with Crippen LogP contribution in [0.1, 0.15) is 12.8 Å². The fourth-order valence-electron chi connectivity index (χ4n) is 4.30. The van der Waals surface area contributed by atoms with Crippen LogP contribution in [0.15, 0.2) is 30.6 Å². The van der Waals surface area contributed by atoms with E-state index in [-0.39, 0.29) is 6.17 Å². The average molecular weight is 448 g/mol. The van der Waals surface area contributed by atoms with Gasteiger partial charge in [0.2, 0.25) is 0 Å². The highest BCUT2D eigenvalue weighted by Gasteiger charge is 2.30. The minimum absolute atomic E-state index is 0.00408. The number of piperidine rings is 1. The van der Waals surface area contributed by atoms with Crippen LogP contribution in [0.2, 0.25) is 10.0 Å². The van der Waals surface area contributed by atoms with E-state index in [9.17, 15) is 0 Å². The second-order valence-corrected chi connectivity index (χ2v) is 8.45. The van der Waals surface area contributed by atoms with Gasteiger partial charge in [0.05, 0.1) is 47.5 Å². The molecule has 30 heavy (non-hydrogen) atoms. The van der Waals surface area contributed by atoms with Gasteiger partial charge in [-0.2, -0.15) is 5.10 Å². The number of morpholine rings is 1. The van der Waals surface area contributed by atoms with E-state index in [0.717, 1.165) is 50.4 Å². The summed E-state index contributed by atoms with van der Waals surface area (Å²) < 4.78 is 7.14. The second-order valence-electron chi connectivity index (χ2n) is 7.66. The lowest BCUT2D eigenvalue weighted by atomic mass is 10.0. The molecule has 2 aliphatic rings. The number of nitrogens with two attached hydrogens (primary N) is 1. The first-order valence-corrected chi connectivity index (χ1v) is 10.9. The van der Waals surface area contributed by atoms with Gasteiger partial charge in [-0.3, -0.25) is 4.90 Å². The van der Waals surface area contributed by atoms with Crippen LogP contribution in [-0.2, 0) is 4.74 Å². The summed E-state index contributed by atoms with van der Waals surface area (Å²) in [7, 11) is 0. The Labute approximate surface area is 184 Å². The Kier molecular flexibility index (Phi) is 5.51. The van der Waals surface area contributed by atoms with Gasteiger partial charge in [0.25, 0.3) is 0 Å². The summed E-state index contributed by atoms with van der Waals surface area (Å²) in [5.74, 6) is 0.865. The van der Waals surface area contributed by atoms with Gasteiger partial charge in [0.1, 0.15) is 11.3 Å². The second kappa shape index (κ2) is 8.28. The molecular formula is C20H23Cl2N7O. The van der Waals surface area contributed by atoms with Crippen molar-refractivity contribution in [2.24, 2.45) is 5.73 Å². The fourth-order valence-corrected chi connectivity index (χ4v) is 4.68. The molecule has 0 amide bonds. The molecule has 0 radical (unpaired) electrons. The maximum absolute atomic E-state index is 6.36. The molecule has 8 nitrogen and oxygen atoms in total. The van der Waals surface area contributed by atoms with E-state index in [0.29, 0.717) is 34.0 Å². The average Bonchev–Trinajstić information content (AvgIpc) is 3.19. The fraction of sp³-hybridized carbons (Fsp3) is 0.450. The molecule has 158 valence electrons. The number of halogens is 2. The number of nitrogens with zero attached hydrogens (tertiary/aromatic N) is 6. The summed E-state index contributed by atoms with van der Waals surface area (Å²) >= 11 is 12.5. The number of fused-ring (bicyclic) bond motifs is 1. The van der Waals surface area contributed by atoms with E-state index in [2.05, 4.69) is 19.9 Å². The van der Waals surface area contributed by atoms with E-state index in [4.69, 9.17) is 38.7 Å². The van der Waals surface area contributed by atoms with Crippen molar-refractivity contribution in [3.63, 3.8) is 0 Å². The number of ether oxygens (including phenoxy) is 1. The zero-order valence-corrected chi connectivity index (χ0v) is 17.9. The summed E-state index contributed by atoms with van der Waals surface area (Å²) in [4.78, 5) is 14.1. The molecule has 1 atom stereocenters. The molecule has 0 spiro atoms. The number of aromatic nitrogens is 4. The molecule has 3 aromatic rings. The molecule has 2 N–H and O–H groups in total. The van der Waals surface area contributed by atoms with Crippen LogP contribution in [0.5, 0.6) is 0 Å². The first-order chi connectivity index (χ1) is 14.6. The number of hydrogen-bond acceptors (Lipinski definition) is 7. The van der Waals surface area contributed by atoms with Gasteiger partial charge in [0, 0.05) is 25.7 Å². The zero-order chi connectivity index (χ0) is 20.7. The Morgan fingerprint density at radius 3 is 2.73 bits per heavy atom. The van der Waals surface area contributed by atoms with Gasteiger partial charge in [0.15, 0.2) is 5.65 Å². The molecule has 10 heteroatoms. The topological polar surface area (TPSA) is 85.3 Å². The minimum atomic E-state index is -0.00408. The van der Waals surface area contributed by atoms with Gasteiger partial charge >= 0.3 is 0 Å². The van der Waals surface area contributed by atoms with Crippen LogP contribution in [0, 0.1) is 0 Å². The van der Waals surface area contributed by atoms with Crippen LogP contribution >= 0.6 is 23.2 Å². The maximum Gasteiger partial charge on any atom is 0.181 e. The highest BCUT2D eigenvalue weighted by molar-refractivity contribution is 6.43. The summed E-state index contributed by atoms with van der Waals surface area (Å²) in [6, 6.07) is 5.93. The normalized spacial score (nSPS) is 21.4. The molecule has 2 aromatic heterocycles. The van der Waals surface area contributed by atoms with Crippen molar-refractivity contribution < 1.29 is 4.74 Å². The molecule has 0 bridgehead atoms. The van der Waals surface area contributed by atoms with Crippen LogP contribution in [0.25, 0.3) is 16.9 Å². The van der Waals surface area contributed by atoms with Gasteiger partial charge < -0.3 is 15.4 Å². The van der Waals surface area contributed by atoms with Crippen molar-refractivity contribution in [3.05, 3.63) is 40.6 Å². The molecule has 2 saturated heterocycles. The summed E-state index contributed by atoms with van der Waals surface area (Å²) in [6.45, 7) is 4.12. The molecule has 0 aliphatic carbocycles. The van der Waals surface area contributed by atoms with E-state index in [1.165, 1.54) is 0 Å². The Morgan fingerprint density at radius 1 is 1.10 bits per heavy atom. The van der Waals surface area contributed by atoms with Gasteiger partial charge in [-0.15, -0.1) is 0 Å². The van der Waals surface area contributed by atoms with Crippen LogP contribution in [0.4, 0.5) is 5.82 Å². The Balaban J connectivity index is 1.34. The van der Waals surface area contributed by atoms with Gasteiger partial charge in [-0.05, 0) is 25.0 Å². The van der Waals surface area contributed by atoms with E-state index < -0.39 is 0 Å². The molecule has 0 saturated carbocycles. The molecular weight excluding hydrogens is 425 g/mol. The summed E-state index contributed by atoms with van der Waals surface area (Å²) in [5, 5.41) is 5.35. The molecule has 0 unspecified atom stereocenters. The predicted octanol–water partition coefficient (Wildman–Crippen LogP) is 2.71. The monoisotopic (exact) mass is 447 g/mol. The lowest BCUT2D eigenvalue weighted by molar-refractivity contribution is -0.0310. The lowest BCUT2D eigenvalue weighted by Crippen LogP contribution is -2.57. The third-order valence-corrected chi connectivity index (χ3v) is 6.70. The molecule has 1 aromatic carbocycles. The van der Waals surface area contributed by atoms with Gasteiger partial charge in [-0.25, -0.2) is 14.6 Å². The third kappa shape index (κ3) is 3.63. The van der Waals surface area contributed by atoms with Crippen LogP contribution < -0.4 is 10.6 Å². The quantitative estimate of drug-likeness (QED) is 0.660. The minimum Gasteiger partial charge on any atom is -0.377 e. The maximum atomic E-state index is 6.36. The highest BCUT2D eigenvalue weighted by atomic mass is 35.5. The number of rotatable bonds is 3. The van der Waals surface area contributed by atoms with E-state index in [1.54, 1.807) is 23.1 Å². The zero-order valence-electron chi connectivity index (χ0n) is 16.4. The largest absolute Gasteiger partial charge is 0.377 e. The Hall–Kier alpha value is -1.97. The third-order valence-electron chi connectivity index (χ3n) is 5.89. The van der Waals surface area contributed by atoms with Crippen molar-refractivity contribution in [1.82, 2.24) is 24.6 Å². The summed E-state index contributed by atoms with van der Waals surface area (Å²) in [5.41, 5.74) is 8.28. The smallest absolute Gasteiger partial charge is 0.181 e. The molecule has 2 aliphatic heterocycles. The predicted molar refractivity (Wildman–Crippen MR) is 117 cm³/mol. The number of benzene rings is 1. The Morgan fingerprint density at radius 2 is 1.93 bits per heavy atom. The summed E-state index contributed by atoms with van der Waals surface area (Å²) in [6.07, 6.45) is 5.60. The van der Waals surface area contributed by atoms with Crippen molar-refractivity contribution in [2.75, 3.05) is 37.7 Å². The van der Waals surface area contributed by atoms with E-state index in [1.807, 2.05) is 12.1 Å². The van der Waals surface area contributed by atoms with Crippen molar-refractivity contribution in [2.45, 2.75) is 25.0 Å². The first-order valence-electron chi connectivity index (χ1n) is 10.1. The van der Waals surface area contributed by atoms with Gasteiger partial charge in [-0.1, -0.05) is 29.3 Å². The molecule has 2 fully saturated rings. The number of hydrogen-bond donors (Lipinski definition) is 1. The first kappa shape index (κ1) is 20.0. The SMILES string of the molecule is N[C@@H]1COCCN1C1CCN(c2cnc3c(cnn3-c3cccc(Cl)c3Cl)n2)CC1. The number of anilines is 1. The highest BCUT2D eigenvalue weighted by Crippen LogP contribution is 2.30. The Bertz CT molecular complexity index is 1050. The van der Waals surface area contributed by atoms with Crippen LogP contribution in [0.3, 0.4) is 0 Å². The van der Waals surface area contributed by atoms with Crippen molar-refractivity contribution >= 4 is 40.2 Å². The van der Waals surface area contributed by atoms with Crippen molar-refractivity contribution in [3.8, 4) is 5.69 Å². The molecule has 4 heterocycles. The molecule has 5 rings (SSSR count).